The fraction of sp³-hybridized carbons (Fsp3) is 0.588. The fourth-order valence-corrected chi connectivity index (χ4v) is 3.54. The van der Waals surface area contributed by atoms with E-state index in [1.54, 1.807) is 0 Å². The molecule has 1 aliphatic heterocycles. The predicted octanol–water partition coefficient (Wildman–Crippen LogP) is 2.68. The summed E-state index contributed by atoms with van der Waals surface area (Å²) >= 11 is 0. The molecule has 0 bridgehead atoms. The summed E-state index contributed by atoms with van der Waals surface area (Å²) in [5, 5.41) is 3.18. The Hall–Kier alpha value is -1.35. The van der Waals surface area contributed by atoms with Gasteiger partial charge in [-0.05, 0) is 37.2 Å². The number of rotatable bonds is 4. The topological polar surface area (TPSA) is 38.3 Å². The average Bonchev–Trinajstić information content (AvgIpc) is 3.36. The number of ether oxygens (including phenoxy) is 1. The van der Waals surface area contributed by atoms with Crippen molar-refractivity contribution < 1.29 is 9.53 Å². The molecular weight excluding hydrogens is 250 g/mol. The van der Waals surface area contributed by atoms with Gasteiger partial charge >= 0.3 is 0 Å². The van der Waals surface area contributed by atoms with Crippen molar-refractivity contribution in [3.63, 3.8) is 0 Å². The maximum atomic E-state index is 12.1. The van der Waals surface area contributed by atoms with Crippen LogP contribution in [-0.4, -0.2) is 19.1 Å². The van der Waals surface area contributed by atoms with Crippen molar-refractivity contribution in [2.75, 3.05) is 13.2 Å². The van der Waals surface area contributed by atoms with E-state index in [1.807, 2.05) is 6.07 Å². The van der Waals surface area contributed by atoms with E-state index in [1.165, 1.54) is 5.56 Å². The minimum atomic E-state index is 0.0811. The summed E-state index contributed by atoms with van der Waals surface area (Å²) < 4.78 is 5.97. The SMILES string of the molecule is O=C(NCC1CCCOC1c1ccccc1)C12CC1C2. The summed E-state index contributed by atoms with van der Waals surface area (Å²) in [7, 11) is 0. The van der Waals surface area contributed by atoms with Gasteiger partial charge in [-0.1, -0.05) is 30.3 Å². The number of carbonyl (C=O) groups excluding carboxylic acids is 1. The van der Waals surface area contributed by atoms with Crippen LogP contribution in [0, 0.1) is 17.3 Å². The molecule has 2 saturated carbocycles. The molecule has 1 amide bonds. The molecule has 3 heteroatoms. The second kappa shape index (κ2) is 4.59. The highest BCUT2D eigenvalue weighted by molar-refractivity contribution is 5.89. The van der Waals surface area contributed by atoms with Gasteiger partial charge in [-0.3, -0.25) is 4.79 Å². The van der Waals surface area contributed by atoms with E-state index < -0.39 is 0 Å². The van der Waals surface area contributed by atoms with Gasteiger partial charge in [0.2, 0.25) is 5.91 Å². The highest BCUT2D eigenvalue weighted by Crippen LogP contribution is 2.75. The van der Waals surface area contributed by atoms with E-state index in [-0.39, 0.29) is 11.5 Å². The summed E-state index contributed by atoms with van der Waals surface area (Å²) in [6.07, 6.45) is 4.62. The molecule has 106 valence electrons. The molecule has 3 fully saturated rings. The van der Waals surface area contributed by atoms with Crippen LogP contribution < -0.4 is 5.32 Å². The van der Waals surface area contributed by atoms with Crippen LogP contribution in [-0.2, 0) is 9.53 Å². The molecule has 1 heterocycles. The Kier molecular flexibility index (Phi) is 2.84. The van der Waals surface area contributed by atoms with Crippen LogP contribution in [0.3, 0.4) is 0 Å². The first kappa shape index (κ1) is 12.4. The van der Waals surface area contributed by atoms with Crippen LogP contribution in [0.25, 0.3) is 0 Å². The Balaban J connectivity index is 1.40. The van der Waals surface area contributed by atoms with Crippen LogP contribution >= 0.6 is 0 Å². The Bertz CT molecular complexity index is 507. The monoisotopic (exact) mass is 271 g/mol. The Labute approximate surface area is 119 Å². The van der Waals surface area contributed by atoms with E-state index in [2.05, 4.69) is 29.6 Å². The zero-order chi connectivity index (χ0) is 13.6. The lowest BCUT2D eigenvalue weighted by Crippen LogP contribution is -2.37. The predicted molar refractivity (Wildman–Crippen MR) is 76.0 cm³/mol. The molecule has 1 aromatic carbocycles. The lowest BCUT2D eigenvalue weighted by Gasteiger charge is -2.32. The number of amides is 1. The second-order valence-electron chi connectivity index (χ2n) is 6.58. The molecule has 20 heavy (non-hydrogen) atoms. The van der Waals surface area contributed by atoms with Crippen molar-refractivity contribution >= 4 is 5.91 Å². The molecule has 0 aromatic heterocycles. The Morgan fingerprint density at radius 3 is 2.75 bits per heavy atom. The molecule has 2 unspecified atom stereocenters. The minimum absolute atomic E-state index is 0.0811. The number of carbonyl (C=O) groups is 1. The number of fused-ring (bicyclic) bond motifs is 1. The molecule has 3 aliphatic rings. The quantitative estimate of drug-likeness (QED) is 0.914. The van der Waals surface area contributed by atoms with Crippen LogP contribution in [0.4, 0.5) is 0 Å². The maximum absolute atomic E-state index is 12.1. The van der Waals surface area contributed by atoms with Crippen molar-refractivity contribution in [1.29, 1.82) is 0 Å². The van der Waals surface area contributed by atoms with Crippen molar-refractivity contribution in [3.8, 4) is 0 Å². The van der Waals surface area contributed by atoms with Crippen LogP contribution in [0.5, 0.6) is 0 Å². The van der Waals surface area contributed by atoms with Crippen molar-refractivity contribution in [2.24, 2.45) is 17.3 Å². The molecule has 1 aromatic rings. The molecule has 0 radical (unpaired) electrons. The van der Waals surface area contributed by atoms with Crippen molar-refractivity contribution in [1.82, 2.24) is 5.32 Å². The molecule has 1 saturated heterocycles. The summed E-state index contributed by atoms with van der Waals surface area (Å²) in [4.78, 5) is 12.1. The minimum Gasteiger partial charge on any atom is -0.373 e. The summed E-state index contributed by atoms with van der Waals surface area (Å²) in [5.74, 6) is 1.41. The van der Waals surface area contributed by atoms with Crippen LogP contribution in [0.2, 0.25) is 0 Å². The molecule has 2 atom stereocenters. The van der Waals surface area contributed by atoms with Gasteiger partial charge in [0.05, 0.1) is 11.5 Å². The molecular formula is C17H21NO2. The van der Waals surface area contributed by atoms with Gasteiger partial charge in [0.1, 0.15) is 0 Å². The van der Waals surface area contributed by atoms with Gasteiger partial charge in [0, 0.05) is 19.1 Å². The van der Waals surface area contributed by atoms with Gasteiger partial charge in [-0.25, -0.2) is 0 Å². The third-order valence-electron chi connectivity index (χ3n) is 5.23. The van der Waals surface area contributed by atoms with Gasteiger partial charge in [0.25, 0.3) is 0 Å². The highest BCUT2D eigenvalue weighted by Gasteiger charge is 2.74. The first-order chi connectivity index (χ1) is 9.79. The smallest absolute Gasteiger partial charge is 0.226 e. The summed E-state index contributed by atoms with van der Waals surface area (Å²) in [6.45, 7) is 1.59. The number of hydrogen-bond donors (Lipinski definition) is 1. The lowest BCUT2D eigenvalue weighted by atomic mass is 9.89. The van der Waals surface area contributed by atoms with Gasteiger partial charge < -0.3 is 10.1 Å². The largest absolute Gasteiger partial charge is 0.373 e. The number of hydrogen-bond acceptors (Lipinski definition) is 2. The van der Waals surface area contributed by atoms with E-state index in [9.17, 15) is 4.79 Å². The molecule has 3 nitrogen and oxygen atoms in total. The first-order valence-corrected chi connectivity index (χ1v) is 7.74. The van der Waals surface area contributed by atoms with Crippen molar-refractivity contribution in [2.45, 2.75) is 31.8 Å². The second-order valence-corrected chi connectivity index (χ2v) is 6.58. The normalized spacial score (nSPS) is 37.9. The summed E-state index contributed by atoms with van der Waals surface area (Å²) in [5.41, 5.74) is 1.32. The Morgan fingerprint density at radius 2 is 2.05 bits per heavy atom. The number of nitrogens with one attached hydrogen (secondary N) is 1. The molecule has 0 spiro atoms. The third-order valence-corrected chi connectivity index (χ3v) is 5.23. The van der Waals surface area contributed by atoms with E-state index in [4.69, 9.17) is 4.74 Å². The standard InChI is InChI=1S/C17H21NO2/c19-16(17-9-14(17)10-17)18-11-13-7-4-8-20-15(13)12-5-2-1-3-6-12/h1-3,5-6,13-15H,4,7-11H2,(H,18,19). The zero-order valence-corrected chi connectivity index (χ0v) is 11.7. The maximum Gasteiger partial charge on any atom is 0.226 e. The van der Waals surface area contributed by atoms with E-state index in [0.29, 0.717) is 11.8 Å². The third kappa shape index (κ3) is 2.05. The van der Waals surface area contributed by atoms with Crippen molar-refractivity contribution in [3.05, 3.63) is 35.9 Å². The Morgan fingerprint density at radius 1 is 1.30 bits per heavy atom. The number of benzene rings is 1. The molecule has 1 N–H and O–H groups in total. The van der Waals surface area contributed by atoms with Crippen LogP contribution in [0.15, 0.2) is 30.3 Å². The lowest BCUT2D eigenvalue weighted by molar-refractivity contribution is -0.125. The molecule has 2 aliphatic carbocycles. The summed E-state index contributed by atoms with van der Waals surface area (Å²) in [6, 6.07) is 10.4. The first-order valence-electron chi connectivity index (χ1n) is 7.74. The van der Waals surface area contributed by atoms with E-state index in [0.717, 1.165) is 44.8 Å². The van der Waals surface area contributed by atoms with Crippen LogP contribution in [0.1, 0.15) is 37.4 Å². The highest BCUT2D eigenvalue weighted by atomic mass is 16.5. The van der Waals surface area contributed by atoms with Gasteiger partial charge in [-0.2, -0.15) is 0 Å². The van der Waals surface area contributed by atoms with Gasteiger partial charge in [0.15, 0.2) is 0 Å². The average molecular weight is 271 g/mol. The molecule has 4 rings (SSSR count). The van der Waals surface area contributed by atoms with Gasteiger partial charge in [-0.15, -0.1) is 0 Å². The fourth-order valence-electron chi connectivity index (χ4n) is 3.54. The van der Waals surface area contributed by atoms with E-state index >= 15 is 0 Å². The zero-order valence-electron chi connectivity index (χ0n) is 11.7.